The van der Waals surface area contributed by atoms with Gasteiger partial charge in [0.25, 0.3) is 0 Å². The van der Waals surface area contributed by atoms with Crippen molar-refractivity contribution in [2.24, 2.45) is 4.99 Å². The third kappa shape index (κ3) is 4.97. The van der Waals surface area contributed by atoms with Gasteiger partial charge in [0.05, 0.1) is 6.54 Å². The summed E-state index contributed by atoms with van der Waals surface area (Å²) >= 11 is 1.74. The van der Waals surface area contributed by atoms with Crippen LogP contribution in [0.2, 0.25) is 0 Å². The SMILES string of the molecule is CCc1cnc(CNC(=NC)N(C)Cc2ccc3c(c2)OCO3)s1.I. The van der Waals surface area contributed by atoms with E-state index in [-0.39, 0.29) is 24.0 Å². The lowest BCUT2D eigenvalue weighted by Crippen LogP contribution is -2.38. The first-order valence-electron chi connectivity index (χ1n) is 7.93. The normalized spacial score (nSPS) is 12.7. The number of fused-ring (bicyclic) bond motifs is 1. The van der Waals surface area contributed by atoms with Gasteiger partial charge in [0.15, 0.2) is 17.5 Å². The van der Waals surface area contributed by atoms with E-state index in [1.54, 1.807) is 18.4 Å². The fourth-order valence-electron chi connectivity index (χ4n) is 2.52. The number of hydrogen-bond acceptors (Lipinski definition) is 5. The third-order valence-corrected chi connectivity index (χ3v) is 4.92. The number of thiazole rings is 1. The zero-order valence-electron chi connectivity index (χ0n) is 14.6. The molecule has 6 nitrogen and oxygen atoms in total. The van der Waals surface area contributed by atoms with Crippen LogP contribution in [0.25, 0.3) is 0 Å². The lowest BCUT2D eigenvalue weighted by molar-refractivity contribution is 0.174. The average Bonchev–Trinajstić information content (AvgIpc) is 3.23. The summed E-state index contributed by atoms with van der Waals surface area (Å²) < 4.78 is 10.8. The molecule has 1 aromatic carbocycles. The Morgan fingerprint density at radius 1 is 1.36 bits per heavy atom. The number of guanidine groups is 1. The summed E-state index contributed by atoms with van der Waals surface area (Å²) in [6.45, 7) is 3.85. The number of nitrogens with one attached hydrogen (secondary N) is 1. The van der Waals surface area contributed by atoms with Gasteiger partial charge in [-0.3, -0.25) is 4.99 Å². The summed E-state index contributed by atoms with van der Waals surface area (Å²) in [6.07, 6.45) is 2.97. The second-order valence-corrected chi connectivity index (χ2v) is 6.72. The molecule has 0 fully saturated rings. The number of rotatable bonds is 5. The number of nitrogens with zero attached hydrogens (tertiary/aromatic N) is 3. The van der Waals surface area contributed by atoms with Gasteiger partial charge in [0.1, 0.15) is 5.01 Å². The van der Waals surface area contributed by atoms with E-state index in [0.717, 1.165) is 41.0 Å². The lowest BCUT2D eigenvalue weighted by Gasteiger charge is -2.22. The molecule has 0 unspecified atom stereocenters. The molecule has 0 amide bonds. The maximum atomic E-state index is 5.43. The zero-order chi connectivity index (χ0) is 16.9. The maximum Gasteiger partial charge on any atom is 0.231 e. The molecule has 0 atom stereocenters. The summed E-state index contributed by atoms with van der Waals surface area (Å²) in [5.41, 5.74) is 1.15. The number of aryl methyl sites for hydroxylation is 1. The Balaban J connectivity index is 0.00000225. The summed E-state index contributed by atoms with van der Waals surface area (Å²) in [7, 11) is 3.80. The topological polar surface area (TPSA) is 59.0 Å². The van der Waals surface area contributed by atoms with Crippen molar-refractivity contribution in [1.82, 2.24) is 15.2 Å². The Hall–Kier alpha value is -1.55. The number of aromatic nitrogens is 1. The van der Waals surface area contributed by atoms with Crippen LogP contribution in [0.5, 0.6) is 11.5 Å². The predicted octanol–water partition coefficient (Wildman–Crippen LogP) is 3.26. The van der Waals surface area contributed by atoms with Crippen LogP contribution in [0, 0.1) is 0 Å². The number of hydrogen-bond donors (Lipinski definition) is 1. The monoisotopic (exact) mass is 474 g/mol. The van der Waals surface area contributed by atoms with Crippen molar-refractivity contribution < 1.29 is 9.47 Å². The molecule has 0 saturated heterocycles. The largest absolute Gasteiger partial charge is 0.454 e. The van der Waals surface area contributed by atoms with Crippen molar-refractivity contribution in [3.63, 3.8) is 0 Å². The quantitative estimate of drug-likeness (QED) is 0.410. The highest BCUT2D eigenvalue weighted by atomic mass is 127. The second-order valence-electron chi connectivity index (χ2n) is 5.52. The Morgan fingerprint density at radius 2 is 2.16 bits per heavy atom. The van der Waals surface area contributed by atoms with Crippen LogP contribution >= 0.6 is 35.3 Å². The van der Waals surface area contributed by atoms with E-state index < -0.39 is 0 Å². The Morgan fingerprint density at radius 3 is 2.88 bits per heavy atom. The number of ether oxygens (including phenoxy) is 2. The van der Waals surface area contributed by atoms with E-state index in [9.17, 15) is 0 Å². The highest BCUT2D eigenvalue weighted by molar-refractivity contribution is 14.0. The smallest absolute Gasteiger partial charge is 0.231 e. The molecule has 0 bridgehead atoms. The maximum absolute atomic E-state index is 5.43. The molecule has 0 spiro atoms. The second kappa shape index (κ2) is 9.23. The van der Waals surface area contributed by atoms with Crippen LogP contribution in [0.1, 0.15) is 22.4 Å². The number of aliphatic imine (C=N–C) groups is 1. The fraction of sp³-hybridized carbons (Fsp3) is 0.412. The Kier molecular flexibility index (Phi) is 7.30. The van der Waals surface area contributed by atoms with Crippen LogP contribution in [0.3, 0.4) is 0 Å². The molecule has 1 aromatic heterocycles. The van der Waals surface area contributed by atoms with Gasteiger partial charge in [-0.2, -0.15) is 0 Å². The van der Waals surface area contributed by atoms with Crippen molar-refractivity contribution in [3.8, 4) is 11.5 Å². The minimum Gasteiger partial charge on any atom is -0.454 e. The molecular weight excluding hydrogens is 451 g/mol. The molecule has 0 saturated carbocycles. The van der Waals surface area contributed by atoms with Gasteiger partial charge in [-0.15, -0.1) is 35.3 Å². The first kappa shape index (κ1) is 19.8. The van der Waals surface area contributed by atoms with Gasteiger partial charge < -0.3 is 19.7 Å². The van der Waals surface area contributed by atoms with Crippen LogP contribution in [-0.2, 0) is 19.5 Å². The highest BCUT2D eigenvalue weighted by Crippen LogP contribution is 2.32. The summed E-state index contributed by atoms with van der Waals surface area (Å²) in [5.74, 6) is 2.44. The van der Waals surface area contributed by atoms with E-state index in [4.69, 9.17) is 9.47 Å². The molecular formula is C17H23IN4O2S. The first-order valence-corrected chi connectivity index (χ1v) is 8.75. The van der Waals surface area contributed by atoms with Gasteiger partial charge >= 0.3 is 0 Å². The van der Waals surface area contributed by atoms with Crippen LogP contribution < -0.4 is 14.8 Å². The van der Waals surface area contributed by atoms with Crippen molar-refractivity contribution in [3.05, 3.63) is 39.8 Å². The van der Waals surface area contributed by atoms with Crippen LogP contribution in [-0.4, -0.2) is 36.7 Å². The van der Waals surface area contributed by atoms with Crippen molar-refractivity contribution in [1.29, 1.82) is 0 Å². The Bertz CT molecular complexity index is 735. The molecule has 0 radical (unpaired) electrons. The molecule has 8 heteroatoms. The van der Waals surface area contributed by atoms with E-state index in [2.05, 4.69) is 27.1 Å². The Labute approximate surface area is 169 Å². The number of benzene rings is 1. The fourth-order valence-corrected chi connectivity index (χ4v) is 3.32. The lowest BCUT2D eigenvalue weighted by atomic mass is 10.2. The highest BCUT2D eigenvalue weighted by Gasteiger charge is 2.15. The number of halogens is 1. The first-order chi connectivity index (χ1) is 11.7. The summed E-state index contributed by atoms with van der Waals surface area (Å²) in [5, 5.41) is 4.44. The third-order valence-electron chi connectivity index (χ3n) is 3.78. The van der Waals surface area contributed by atoms with Gasteiger partial charge in [0.2, 0.25) is 6.79 Å². The predicted molar refractivity (Wildman–Crippen MR) is 111 cm³/mol. The van der Waals surface area contributed by atoms with Crippen LogP contribution in [0.15, 0.2) is 29.4 Å². The van der Waals surface area contributed by atoms with Crippen molar-refractivity contribution >= 4 is 41.3 Å². The van der Waals surface area contributed by atoms with Gasteiger partial charge in [-0.1, -0.05) is 13.0 Å². The molecule has 1 aliphatic heterocycles. The minimum absolute atomic E-state index is 0. The van der Waals surface area contributed by atoms with Gasteiger partial charge in [-0.25, -0.2) is 4.98 Å². The molecule has 2 heterocycles. The van der Waals surface area contributed by atoms with E-state index in [1.807, 2.05) is 31.4 Å². The molecule has 0 aliphatic carbocycles. The van der Waals surface area contributed by atoms with Gasteiger partial charge in [0, 0.05) is 31.7 Å². The molecule has 25 heavy (non-hydrogen) atoms. The standard InChI is InChI=1S/C17H22N4O2S.HI/c1-4-13-8-19-16(24-13)9-20-17(18-2)21(3)10-12-5-6-14-15(7-12)23-11-22-14;/h5-8H,4,9-11H2,1-3H3,(H,18,20);1H. The summed E-state index contributed by atoms with van der Waals surface area (Å²) in [4.78, 5) is 12.2. The molecule has 1 N–H and O–H groups in total. The van der Waals surface area contributed by atoms with Crippen molar-refractivity contribution in [2.45, 2.75) is 26.4 Å². The zero-order valence-corrected chi connectivity index (χ0v) is 17.8. The average molecular weight is 474 g/mol. The van der Waals surface area contributed by atoms with Gasteiger partial charge in [-0.05, 0) is 24.1 Å². The molecule has 136 valence electrons. The molecule has 3 rings (SSSR count). The van der Waals surface area contributed by atoms with Crippen LogP contribution in [0.4, 0.5) is 0 Å². The minimum atomic E-state index is 0. The van der Waals surface area contributed by atoms with E-state index in [1.165, 1.54) is 4.88 Å². The molecule has 2 aromatic rings. The van der Waals surface area contributed by atoms with E-state index >= 15 is 0 Å². The van der Waals surface area contributed by atoms with Crippen molar-refractivity contribution in [2.75, 3.05) is 20.9 Å². The molecule has 1 aliphatic rings. The van der Waals surface area contributed by atoms with E-state index in [0.29, 0.717) is 13.3 Å². The summed E-state index contributed by atoms with van der Waals surface area (Å²) in [6, 6.07) is 6.01.